The van der Waals surface area contributed by atoms with Crippen molar-refractivity contribution in [3.05, 3.63) is 29.6 Å². The fourth-order valence-electron chi connectivity index (χ4n) is 3.11. The molecule has 3 atom stereocenters. The number of hydrogen-bond donors (Lipinski definition) is 1. The molecule has 1 aliphatic rings. The van der Waals surface area contributed by atoms with Crippen molar-refractivity contribution in [1.82, 2.24) is 10.3 Å². The Morgan fingerprint density at radius 1 is 1.50 bits per heavy atom. The zero-order valence-electron chi connectivity index (χ0n) is 12.6. The van der Waals surface area contributed by atoms with Crippen LogP contribution < -0.4 is 5.32 Å². The van der Waals surface area contributed by atoms with Crippen LogP contribution in [0.5, 0.6) is 0 Å². The Bertz CT molecular complexity index is 462. The minimum Gasteiger partial charge on any atom is -0.468 e. The van der Waals surface area contributed by atoms with Gasteiger partial charge in [-0.05, 0) is 44.7 Å². The van der Waals surface area contributed by atoms with Gasteiger partial charge in [0.1, 0.15) is 6.04 Å². The molecule has 4 nitrogen and oxygen atoms in total. The van der Waals surface area contributed by atoms with E-state index in [9.17, 15) is 4.79 Å². The molecule has 0 amide bonds. The van der Waals surface area contributed by atoms with Crippen LogP contribution in [-0.2, 0) is 9.53 Å². The normalized spacial score (nSPS) is 24.1. The highest BCUT2D eigenvalue weighted by Gasteiger charge is 2.27. The first-order chi connectivity index (χ1) is 9.61. The van der Waals surface area contributed by atoms with Crippen molar-refractivity contribution in [3.63, 3.8) is 0 Å². The second-order valence-corrected chi connectivity index (χ2v) is 5.68. The van der Waals surface area contributed by atoms with Gasteiger partial charge >= 0.3 is 5.97 Å². The highest BCUT2D eigenvalue weighted by Crippen LogP contribution is 2.33. The Labute approximate surface area is 120 Å². The van der Waals surface area contributed by atoms with Crippen LogP contribution in [0.1, 0.15) is 49.8 Å². The van der Waals surface area contributed by atoms with E-state index in [1.54, 1.807) is 0 Å². The molecule has 0 unspecified atom stereocenters. The molecule has 0 aromatic carbocycles. The first-order valence-corrected chi connectivity index (χ1v) is 7.37. The average Bonchev–Trinajstić information content (AvgIpc) is 2.47. The number of aromatic nitrogens is 1. The van der Waals surface area contributed by atoms with Crippen LogP contribution in [0, 0.1) is 6.92 Å². The minimum atomic E-state index is -0.242. The topological polar surface area (TPSA) is 51.2 Å². The van der Waals surface area contributed by atoms with Gasteiger partial charge in [-0.25, -0.2) is 0 Å². The van der Waals surface area contributed by atoms with Gasteiger partial charge in [-0.15, -0.1) is 0 Å². The standard InChI is InChI=1S/C16H24N2O2/c1-11-6-5-9-17-15(11)13-7-4-8-14(10-13)18-12(2)16(19)20-3/h5-6,9,12-14,18H,4,7-8,10H2,1-3H3/t12-,13+,14+/m1/s1. The predicted molar refractivity (Wildman–Crippen MR) is 78.6 cm³/mol. The molecule has 0 bridgehead atoms. The quantitative estimate of drug-likeness (QED) is 0.859. The summed E-state index contributed by atoms with van der Waals surface area (Å²) in [5.41, 5.74) is 2.48. The van der Waals surface area contributed by atoms with Gasteiger partial charge in [-0.1, -0.05) is 12.5 Å². The molecule has 0 radical (unpaired) electrons. The number of methoxy groups -OCH3 is 1. The first-order valence-electron chi connectivity index (χ1n) is 7.37. The van der Waals surface area contributed by atoms with Crippen molar-refractivity contribution in [3.8, 4) is 0 Å². The summed E-state index contributed by atoms with van der Waals surface area (Å²) < 4.78 is 4.77. The summed E-state index contributed by atoms with van der Waals surface area (Å²) in [5, 5.41) is 3.39. The summed E-state index contributed by atoms with van der Waals surface area (Å²) in [5.74, 6) is 0.299. The second kappa shape index (κ2) is 6.84. The highest BCUT2D eigenvalue weighted by molar-refractivity contribution is 5.75. The summed E-state index contributed by atoms with van der Waals surface area (Å²) in [6, 6.07) is 4.23. The summed E-state index contributed by atoms with van der Waals surface area (Å²) in [4.78, 5) is 16.0. The lowest BCUT2D eigenvalue weighted by molar-refractivity contribution is -0.142. The maximum absolute atomic E-state index is 11.5. The maximum Gasteiger partial charge on any atom is 0.322 e. The lowest BCUT2D eigenvalue weighted by atomic mass is 9.82. The Hall–Kier alpha value is -1.42. The fourth-order valence-corrected chi connectivity index (χ4v) is 3.11. The smallest absolute Gasteiger partial charge is 0.322 e. The summed E-state index contributed by atoms with van der Waals surface area (Å²) in [7, 11) is 1.43. The zero-order valence-corrected chi connectivity index (χ0v) is 12.6. The maximum atomic E-state index is 11.5. The minimum absolute atomic E-state index is 0.193. The summed E-state index contributed by atoms with van der Waals surface area (Å²) >= 11 is 0. The van der Waals surface area contributed by atoms with Gasteiger partial charge in [0.2, 0.25) is 0 Å². The van der Waals surface area contributed by atoms with Gasteiger partial charge in [0.25, 0.3) is 0 Å². The molecule has 1 heterocycles. The number of nitrogens with zero attached hydrogens (tertiary/aromatic N) is 1. The van der Waals surface area contributed by atoms with E-state index in [0.717, 1.165) is 12.8 Å². The van der Waals surface area contributed by atoms with E-state index in [1.807, 2.05) is 19.2 Å². The Morgan fingerprint density at radius 3 is 3.00 bits per heavy atom. The molecule has 0 aliphatic heterocycles. The number of nitrogens with one attached hydrogen (secondary N) is 1. The number of carbonyl (C=O) groups is 1. The summed E-state index contributed by atoms with van der Waals surface area (Å²) in [6.07, 6.45) is 6.38. The van der Waals surface area contributed by atoms with Crippen molar-refractivity contribution in [2.75, 3.05) is 7.11 Å². The van der Waals surface area contributed by atoms with Crippen LogP contribution in [0.3, 0.4) is 0 Å². The van der Waals surface area contributed by atoms with Gasteiger partial charge in [0, 0.05) is 23.9 Å². The molecule has 0 spiro atoms. The fraction of sp³-hybridized carbons (Fsp3) is 0.625. The van der Waals surface area contributed by atoms with Crippen molar-refractivity contribution >= 4 is 5.97 Å². The molecule has 1 N–H and O–H groups in total. The van der Waals surface area contributed by atoms with Gasteiger partial charge in [-0.3, -0.25) is 9.78 Å². The second-order valence-electron chi connectivity index (χ2n) is 5.68. The SMILES string of the molecule is COC(=O)[C@@H](C)N[C@H]1CCC[C@H](c2ncccc2C)C1. The van der Waals surface area contributed by atoms with Gasteiger partial charge in [-0.2, -0.15) is 0 Å². The molecule has 1 aromatic rings. The molecule has 20 heavy (non-hydrogen) atoms. The lowest BCUT2D eigenvalue weighted by Gasteiger charge is -2.31. The molecule has 1 fully saturated rings. The first kappa shape index (κ1) is 15.0. The Morgan fingerprint density at radius 2 is 2.30 bits per heavy atom. The largest absolute Gasteiger partial charge is 0.468 e. The number of aryl methyl sites for hydroxylation is 1. The third kappa shape index (κ3) is 3.57. The third-order valence-corrected chi connectivity index (χ3v) is 4.15. The lowest BCUT2D eigenvalue weighted by Crippen LogP contribution is -2.43. The van der Waals surface area contributed by atoms with E-state index in [0.29, 0.717) is 12.0 Å². The van der Waals surface area contributed by atoms with Crippen LogP contribution in [0.25, 0.3) is 0 Å². The third-order valence-electron chi connectivity index (χ3n) is 4.15. The Kier molecular flexibility index (Phi) is 5.12. The summed E-state index contributed by atoms with van der Waals surface area (Å²) in [6.45, 7) is 3.98. The van der Waals surface area contributed by atoms with E-state index in [4.69, 9.17) is 4.74 Å². The van der Waals surface area contributed by atoms with E-state index in [-0.39, 0.29) is 12.0 Å². The molecular weight excluding hydrogens is 252 g/mol. The molecule has 1 aliphatic carbocycles. The predicted octanol–water partition coefficient (Wildman–Crippen LogP) is 2.57. The average molecular weight is 276 g/mol. The number of hydrogen-bond acceptors (Lipinski definition) is 4. The van der Waals surface area contributed by atoms with Crippen molar-refractivity contribution in [2.45, 2.75) is 57.5 Å². The molecule has 110 valence electrons. The number of rotatable bonds is 4. The van der Waals surface area contributed by atoms with Gasteiger partial charge in [0.05, 0.1) is 7.11 Å². The van der Waals surface area contributed by atoms with Crippen molar-refractivity contribution in [1.29, 1.82) is 0 Å². The zero-order chi connectivity index (χ0) is 14.5. The molecular formula is C16H24N2O2. The van der Waals surface area contributed by atoms with E-state index in [2.05, 4.69) is 23.3 Å². The number of esters is 1. The number of ether oxygens (including phenoxy) is 1. The van der Waals surface area contributed by atoms with Crippen LogP contribution in [-0.4, -0.2) is 30.1 Å². The highest BCUT2D eigenvalue weighted by atomic mass is 16.5. The number of carbonyl (C=O) groups excluding carboxylic acids is 1. The molecule has 1 saturated carbocycles. The van der Waals surface area contributed by atoms with E-state index < -0.39 is 0 Å². The van der Waals surface area contributed by atoms with Crippen LogP contribution in [0.2, 0.25) is 0 Å². The molecule has 2 rings (SSSR count). The Balaban J connectivity index is 1.99. The van der Waals surface area contributed by atoms with Crippen LogP contribution in [0.15, 0.2) is 18.3 Å². The van der Waals surface area contributed by atoms with Crippen LogP contribution in [0.4, 0.5) is 0 Å². The molecule has 4 heteroatoms. The monoisotopic (exact) mass is 276 g/mol. The van der Waals surface area contributed by atoms with E-state index >= 15 is 0 Å². The van der Waals surface area contributed by atoms with Gasteiger partial charge < -0.3 is 10.1 Å². The number of pyridine rings is 1. The molecule has 1 aromatic heterocycles. The van der Waals surface area contributed by atoms with Crippen LogP contribution >= 0.6 is 0 Å². The van der Waals surface area contributed by atoms with Crippen molar-refractivity contribution in [2.24, 2.45) is 0 Å². The van der Waals surface area contributed by atoms with Crippen molar-refractivity contribution < 1.29 is 9.53 Å². The van der Waals surface area contributed by atoms with Gasteiger partial charge in [0.15, 0.2) is 0 Å². The van der Waals surface area contributed by atoms with E-state index in [1.165, 1.54) is 31.2 Å². The molecule has 0 saturated heterocycles.